The van der Waals surface area contributed by atoms with Gasteiger partial charge < -0.3 is 5.11 Å². The minimum Gasteiger partial charge on any atom is -0.481 e. The first kappa shape index (κ1) is 11.9. The minimum atomic E-state index is -0.634. The molecule has 92 valence electrons. The molecule has 1 heterocycles. The van der Waals surface area contributed by atoms with Crippen molar-refractivity contribution in [1.29, 1.82) is 0 Å². The van der Waals surface area contributed by atoms with Gasteiger partial charge in [-0.3, -0.25) is 9.69 Å². The summed E-state index contributed by atoms with van der Waals surface area (Å²) in [6.07, 6.45) is 8.15. The van der Waals surface area contributed by atoms with Crippen molar-refractivity contribution in [2.75, 3.05) is 13.1 Å². The van der Waals surface area contributed by atoms with Crippen LogP contribution in [0.3, 0.4) is 0 Å². The zero-order valence-electron chi connectivity index (χ0n) is 10.2. The molecule has 2 aliphatic rings. The van der Waals surface area contributed by atoms with Crippen molar-refractivity contribution >= 4 is 5.97 Å². The molecule has 1 saturated heterocycles. The molecular weight excluding hydrogens is 202 g/mol. The summed E-state index contributed by atoms with van der Waals surface area (Å²) in [6.45, 7) is 3.87. The Morgan fingerprint density at radius 1 is 1.19 bits per heavy atom. The molecule has 16 heavy (non-hydrogen) atoms. The second-order valence-electron chi connectivity index (χ2n) is 5.49. The molecule has 3 nitrogen and oxygen atoms in total. The lowest BCUT2D eigenvalue weighted by Crippen LogP contribution is -2.55. The number of carboxylic acid groups (broad SMARTS) is 1. The molecule has 0 amide bonds. The summed E-state index contributed by atoms with van der Waals surface area (Å²) in [6, 6.07) is 0.750. The molecule has 1 atom stereocenters. The number of carboxylic acids is 1. The molecule has 0 aromatic carbocycles. The molecule has 1 N–H and O–H groups in total. The van der Waals surface area contributed by atoms with Gasteiger partial charge in [-0.05, 0) is 18.8 Å². The van der Waals surface area contributed by atoms with Crippen LogP contribution in [0.5, 0.6) is 0 Å². The molecule has 0 bridgehead atoms. The van der Waals surface area contributed by atoms with E-state index in [-0.39, 0.29) is 5.92 Å². The zero-order chi connectivity index (χ0) is 11.5. The van der Waals surface area contributed by atoms with Crippen molar-refractivity contribution in [3.8, 4) is 0 Å². The lowest BCUT2D eigenvalue weighted by Gasteiger charge is -2.46. The van der Waals surface area contributed by atoms with Crippen LogP contribution in [0.25, 0.3) is 0 Å². The Morgan fingerprint density at radius 2 is 1.75 bits per heavy atom. The molecule has 0 aromatic rings. The fourth-order valence-corrected chi connectivity index (χ4v) is 2.99. The van der Waals surface area contributed by atoms with E-state index in [9.17, 15) is 4.79 Å². The van der Waals surface area contributed by atoms with E-state index in [1.165, 1.54) is 38.5 Å². The van der Waals surface area contributed by atoms with Crippen molar-refractivity contribution in [1.82, 2.24) is 4.90 Å². The second-order valence-corrected chi connectivity index (χ2v) is 5.49. The summed E-state index contributed by atoms with van der Waals surface area (Å²) in [4.78, 5) is 13.4. The average Bonchev–Trinajstić information content (AvgIpc) is 2.44. The molecule has 2 fully saturated rings. The van der Waals surface area contributed by atoms with Crippen molar-refractivity contribution in [2.24, 2.45) is 11.8 Å². The Labute approximate surface area is 97.8 Å². The van der Waals surface area contributed by atoms with E-state index < -0.39 is 5.97 Å². The minimum absolute atomic E-state index is 0.165. The fourth-order valence-electron chi connectivity index (χ4n) is 2.99. The maximum Gasteiger partial charge on any atom is 0.306 e. The second kappa shape index (κ2) is 5.17. The summed E-state index contributed by atoms with van der Waals surface area (Å²) in [5, 5.41) is 8.94. The summed E-state index contributed by atoms with van der Waals surface area (Å²) >= 11 is 0. The van der Waals surface area contributed by atoms with Crippen LogP contribution in [-0.4, -0.2) is 35.1 Å². The van der Waals surface area contributed by atoms with E-state index >= 15 is 0 Å². The number of carbonyl (C=O) groups is 1. The number of likely N-dealkylation sites (tertiary alicyclic amines) is 1. The van der Waals surface area contributed by atoms with Crippen LogP contribution in [0.4, 0.5) is 0 Å². The number of rotatable bonds is 3. The van der Waals surface area contributed by atoms with E-state index in [2.05, 4.69) is 4.90 Å². The van der Waals surface area contributed by atoms with Crippen LogP contribution in [0.1, 0.15) is 45.4 Å². The van der Waals surface area contributed by atoms with Crippen molar-refractivity contribution in [2.45, 2.75) is 51.5 Å². The van der Waals surface area contributed by atoms with Crippen LogP contribution in [-0.2, 0) is 4.79 Å². The molecule has 3 heteroatoms. The highest BCUT2D eigenvalue weighted by Crippen LogP contribution is 2.31. The van der Waals surface area contributed by atoms with E-state index in [1.807, 2.05) is 6.92 Å². The number of hydrogen-bond acceptors (Lipinski definition) is 2. The van der Waals surface area contributed by atoms with Crippen LogP contribution in [0, 0.1) is 11.8 Å². The molecule has 0 aromatic heterocycles. The Kier molecular flexibility index (Phi) is 3.85. The van der Waals surface area contributed by atoms with Gasteiger partial charge in [0, 0.05) is 19.1 Å². The van der Waals surface area contributed by atoms with Crippen molar-refractivity contribution < 1.29 is 9.90 Å². The monoisotopic (exact) mass is 225 g/mol. The first-order valence-electron chi connectivity index (χ1n) is 6.65. The van der Waals surface area contributed by atoms with E-state index in [1.54, 1.807) is 0 Å². The first-order valence-corrected chi connectivity index (χ1v) is 6.65. The molecule has 0 spiro atoms. The third-order valence-corrected chi connectivity index (χ3v) is 4.38. The third kappa shape index (κ3) is 2.57. The van der Waals surface area contributed by atoms with Gasteiger partial charge in [0.15, 0.2) is 0 Å². The molecule has 2 rings (SSSR count). The van der Waals surface area contributed by atoms with Gasteiger partial charge in [0.2, 0.25) is 0 Å². The van der Waals surface area contributed by atoms with Crippen LogP contribution in [0.15, 0.2) is 0 Å². The largest absolute Gasteiger partial charge is 0.481 e. The van der Waals surface area contributed by atoms with Crippen LogP contribution in [0.2, 0.25) is 0 Å². The third-order valence-electron chi connectivity index (χ3n) is 4.38. The number of hydrogen-bond donors (Lipinski definition) is 1. The zero-order valence-corrected chi connectivity index (χ0v) is 10.2. The van der Waals surface area contributed by atoms with Gasteiger partial charge in [-0.1, -0.05) is 32.6 Å². The van der Waals surface area contributed by atoms with E-state index in [0.29, 0.717) is 5.92 Å². The van der Waals surface area contributed by atoms with Gasteiger partial charge in [0.25, 0.3) is 0 Å². The molecular formula is C13H23NO2. The average molecular weight is 225 g/mol. The molecule has 1 unspecified atom stereocenters. The number of nitrogens with zero attached hydrogens (tertiary/aromatic N) is 1. The highest BCUT2D eigenvalue weighted by Gasteiger charge is 2.37. The maximum atomic E-state index is 10.9. The quantitative estimate of drug-likeness (QED) is 0.750. The Hall–Kier alpha value is -0.570. The smallest absolute Gasteiger partial charge is 0.306 e. The normalized spacial score (nSPS) is 27.1. The highest BCUT2D eigenvalue weighted by atomic mass is 16.4. The lowest BCUT2D eigenvalue weighted by atomic mass is 9.85. The molecule has 1 aliphatic carbocycles. The first-order chi connectivity index (χ1) is 7.68. The standard InChI is InChI=1S/C13H23NO2/c1-10(13(15)16)11-8-14(9-11)12-6-4-2-3-5-7-12/h10-12H,2-9H2,1H3,(H,15,16). The summed E-state index contributed by atoms with van der Waals surface area (Å²) < 4.78 is 0. The molecule has 0 radical (unpaired) electrons. The topological polar surface area (TPSA) is 40.5 Å². The maximum absolute atomic E-state index is 10.9. The van der Waals surface area contributed by atoms with Crippen molar-refractivity contribution in [3.63, 3.8) is 0 Å². The predicted octanol–water partition coefficient (Wildman–Crippen LogP) is 2.36. The van der Waals surface area contributed by atoms with Gasteiger partial charge in [0.1, 0.15) is 0 Å². The Balaban J connectivity index is 1.76. The Morgan fingerprint density at radius 3 is 2.25 bits per heavy atom. The van der Waals surface area contributed by atoms with Gasteiger partial charge in [-0.2, -0.15) is 0 Å². The van der Waals surface area contributed by atoms with Crippen LogP contribution < -0.4 is 0 Å². The Bertz CT molecular complexity index is 240. The predicted molar refractivity (Wildman–Crippen MR) is 63.4 cm³/mol. The summed E-state index contributed by atoms with van der Waals surface area (Å²) in [5.41, 5.74) is 0. The van der Waals surface area contributed by atoms with Crippen molar-refractivity contribution in [3.05, 3.63) is 0 Å². The summed E-state index contributed by atoms with van der Waals surface area (Å²) in [5.74, 6) is -0.409. The lowest BCUT2D eigenvalue weighted by molar-refractivity contribution is -0.146. The van der Waals surface area contributed by atoms with Gasteiger partial charge in [0.05, 0.1) is 5.92 Å². The highest BCUT2D eigenvalue weighted by molar-refractivity contribution is 5.70. The van der Waals surface area contributed by atoms with Crippen LogP contribution >= 0.6 is 0 Å². The van der Waals surface area contributed by atoms with Gasteiger partial charge in [-0.15, -0.1) is 0 Å². The molecule has 1 saturated carbocycles. The summed E-state index contributed by atoms with van der Waals surface area (Å²) in [7, 11) is 0. The van der Waals surface area contributed by atoms with Gasteiger partial charge in [-0.25, -0.2) is 0 Å². The SMILES string of the molecule is CC(C(=O)O)C1CN(C2CCCCCC2)C1. The number of aliphatic carboxylic acids is 1. The fraction of sp³-hybridized carbons (Fsp3) is 0.923. The molecule has 1 aliphatic heterocycles. The van der Waals surface area contributed by atoms with Gasteiger partial charge >= 0.3 is 5.97 Å². The van der Waals surface area contributed by atoms with E-state index in [4.69, 9.17) is 5.11 Å². The van der Waals surface area contributed by atoms with E-state index in [0.717, 1.165) is 19.1 Å².